The van der Waals surface area contributed by atoms with E-state index in [0.29, 0.717) is 22.7 Å². The van der Waals surface area contributed by atoms with Crippen molar-refractivity contribution in [2.24, 2.45) is 5.73 Å². The zero-order valence-corrected chi connectivity index (χ0v) is 21.3. The molecule has 1 amide bonds. The molecule has 37 heavy (non-hydrogen) atoms. The summed E-state index contributed by atoms with van der Waals surface area (Å²) in [6.07, 6.45) is 1.30. The zero-order valence-electron chi connectivity index (χ0n) is 20.4. The number of nitrogens with one attached hydrogen (secondary N) is 1. The minimum Gasteiger partial charge on any atom is -0.370 e. The summed E-state index contributed by atoms with van der Waals surface area (Å²) in [5, 5.41) is 3.36. The molecular formula is C25H26FN5O5S. The number of carbonyl (C=O) groups is 1. The summed E-state index contributed by atoms with van der Waals surface area (Å²) < 4.78 is 52.7. The summed E-state index contributed by atoms with van der Waals surface area (Å²) in [5.41, 5.74) is 8.91. The lowest BCUT2D eigenvalue weighted by Crippen LogP contribution is -2.34. The molecule has 4 aromatic rings. The van der Waals surface area contributed by atoms with Crippen molar-refractivity contribution in [3.63, 3.8) is 0 Å². The number of benzene rings is 2. The smallest absolute Gasteiger partial charge is 0.370 e. The Hall–Kier alpha value is -4.00. The molecule has 12 heteroatoms. The van der Waals surface area contributed by atoms with Gasteiger partial charge in [0.2, 0.25) is 5.91 Å². The molecule has 0 unspecified atom stereocenters. The van der Waals surface area contributed by atoms with Crippen molar-refractivity contribution in [3.05, 3.63) is 77.7 Å². The molecule has 2 aromatic heterocycles. The number of para-hydroxylation sites is 2. The van der Waals surface area contributed by atoms with E-state index < -0.39 is 35.4 Å². The fourth-order valence-corrected chi connectivity index (χ4v) is 4.41. The Morgan fingerprint density at radius 1 is 1.11 bits per heavy atom. The van der Waals surface area contributed by atoms with E-state index in [0.717, 1.165) is 21.1 Å². The van der Waals surface area contributed by atoms with E-state index in [2.05, 4.69) is 10.3 Å². The number of imidazole rings is 1. The fraction of sp³-hybridized carbons (Fsp3) is 0.200. The molecule has 0 spiro atoms. The lowest BCUT2D eigenvalue weighted by molar-refractivity contribution is -0.123. The number of aromatic nitrogens is 2. The lowest BCUT2D eigenvalue weighted by atomic mass is 10.1. The van der Waals surface area contributed by atoms with Crippen LogP contribution in [-0.2, 0) is 19.8 Å². The maximum atomic E-state index is 14.2. The van der Waals surface area contributed by atoms with Crippen LogP contribution in [0.3, 0.4) is 0 Å². The van der Waals surface area contributed by atoms with Gasteiger partial charge in [-0.1, -0.05) is 30.3 Å². The van der Waals surface area contributed by atoms with Crippen LogP contribution in [0, 0.1) is 19.7 Å². The van der Waals surface area contributed by atoms with Gasteiger partial charge in [0.05, 0.1) is 0 Å². The number of rotatable bonds is 10. The van der Waals surface area contributed by atoms with Gasteiger partial charge in [-0.15, -0.1) is 4.31 Å². The van der Waals surface area contributed by atoms with Crippen molar-refractivity contribution in [3.8, 4) is 17.0 Å². The maximum absolute atomic E-state index is 14.2. The molecule has 4 rings (SSSR count). The third-order valence-electron chi connectivity index (χ3n) is 5.54. The number of nitrogens with zero attached hydrogens (tertiary/aromatic N) is 3. The molecule has 10 nitrogen and oxygen atoms in total. The second-order valence-electron chi connectivity index (χ2n) is 8.36. The Kier molecular flexibility index (Phi) is 7.43. The van der Waals surface area contributed by atoms with Crippen molar-refractivity contribution >= 4 is 33.4 Å². The third kappa shape index (κ3) is 5.71. The number of nitrogens with two attached hydrogens (primary N) is 1. The van der Waals surface area contributed by atoms with Crippen LogP contribution < -0.4 is 15.2 Å². The number of fused-ring (bicyclic) bond motifs is 1. The number of carbonyl (C=O) groups excluding carboxylic acids is 1. The molecule has 0 aliphatic carbocycles. The molecule has 0 fully saturated rings. The summed E-state index contributed by atoms with van der Waals surface area (Å²) in [4.78, 5) is 15.5. The van der Waals surface area contributed by atoms with Crippen molar-refractivity contribution in [1.29, 1.82) is 0 Å². The van der Waals surface area contributed by atoms with Gasteiger partial charge in [-0.2, -0.15) is 8.42 Å². The van der Waals surface area contributed by atoms with Crippen molar-refractivity contribution in [2.45, 2.75) is 13.8 Å². The summed E-state index contributed by atoms with van der Waals surface area (Å²) in [6, 6.07) is 15.1. The molecule has 2 aromatic carbocycles. The minimum atomic E-state index is -4.32. The number of primary amides is 1. The van der Waals surface area contributed by atoms with Gasteiger partial charge in [0, 0.05) is 24.5 Å². The normalized spacial score (nSPS) is 11.7. The number of halogens is 1. The second kappa shape index (κ2) is 10.5. The van der Waals surface area contributed by atoms with Gasteiger partial charge in [-0.3, -0.25) is 9.20 Å². The van der Waals surface area contributed by atoms with Gasteiger partial charge in [0.1, 0.15) is 36.3 Å². The van der Waals surface area contributed by atoms with E-state index in [1.807, 2.05) is 32.0 Å². The fourth-order valence-electron chi connectivity index (χ4n) is 3.71. The topological polar surface area (TPSA) is 128 Å². The second-order valence-corrected chi connectivity index (χ2v) is 10.0. The molecule has 0 atom stereocenters. The van der Waals surface area contributed by atoms with Gasteiger partial charge in [-0.25, -0.2) is 9.37 Å². The average molecular weight is 528 g/mol. The predicted molar refractivity (Wildman–Crippen MR) is 137 cm³/mol. The standard InChI is InChI=1S/C25H26FN5O5S/c1-16-7-6-8-17(2)23(16)29-25-24(28-22-12-11-18(26)13-31(22)25)19-9-4-5-10-20(19)36-37(33,34)30(3)15-35-14-21(27)32/h4-13,29H,14-15H2,1-3H3,(H2,27,32). The van der Waals surface area contributed by atoms with Gasteiger partial charge >= 0.3 is 10.3 Å². The predicted octanol–water partition coefficient (Wildman–Crippen LogP) is 3.52. The van der Waals surface area contributed by atoms with Crippen LogP contribution in [0.15, 0.2) is 60.8 Å². The summed E-state index contributed by atoms with van der Waals surface area (Å²) >= 11 is 0. The van der Waals surface area contributed by atoms with Crippen molar-refractivity contribution < 1.29 is 26.5 Å². The molecular weight excluding hydrogens is 501 g/mol. The van der Waals surface area contributed by atoms with E-state index in [1.54, 1.807) is 22.6 Å². The van der Waals surface area contributed by atoms with E-state index >= 15 is 0 Å². The van der Waals surface area contributed by atoms with Gasteiger partial charge in [0.25, 0.3) is 0 Å². The first-order valence-electron chi connectivity index (χ1n) is 11.2. The molecule has 0 radical (unpaired) electrons. The Morgan fingerprint density at radius 2 is 1.81 bits per heavy atom. The molecule has 0 saturated carbocycles. The highest BCUT2D eigenvalue weighted by atomic mass is 32.2. The number of hydrogen-bond donors (Lipinski definition) is 2. The number of amides is 1. The highest BCUT2D eigenvalue weighted by molar-refractivity contribution is 7.84. The molecule has 2 heterocycles. The Bertz CT molecular complexity index is 1550. The highest BCUT2D eigenvalue weighted by Crippen LogP contribution is 2.38. The molecule has 194 valence electrons. The quantitative estimate of drug-likeness (QED) is 0.302. The molecule has 0 aliphatic rings. The van der Waals surface area contributed by atoms with E-state index in [1.165, 1.54) is 31.4 Å². The zero-order chi connectivity index (χ0) is 26.7. The van der Waals surface area contributed by atoms with Crippen LogP contribution in [0.25, 0.3) is 16.9 Å². The average Bonchev–Trinajstić information content (AvgIpc) is 3.18. The van der Waals surface area contributed by atoms with Crippen molar-refractivity contribution in [2.75, 3.05) is 25.7 Å². The monoisotopic (exact) mass is 527 g/mol. The van der Waals surface area contributed by atoms with Gasteiger partial charge < -0.3 is 20.0 Å². The SMILES string of the molecule is Cc1cccc(C)c1Nc1c(-c2ccccc2OS(=O)(=O)N(C)COCC(N)=O)nc2ccc(F)cn12. The number of anilines is 2. The first-order chi connectivity index (χ1) is 17.6. The third-order valence-corrected chi connectivity index (χ3v) is 6.80. The van der Waals surface area contributed by atoms with Crippen LogP contribution in [0.5, 0.6) is 5.75 Å². The molecule has 0 bridgehead atoms. The Morgan fingerprint density at radius 3 is 2.51 bits per heavy atom. The van der Waals surface area contributed by atoms with Gasteiger partial charge in [0.15, 0.2) is 5.75 Å². The molecule has 0 aliphatic heterocycles. The van der Waals surface area contributed by atoms with Crippen LogP contribution in [0.2, 0.25) is 0 Å². The minimum absolute atomic E-state index is 0.00214. The van der Waals surface area contributed by atoms with Crippen LogP contribution in [0.4, 0.5) is 15.9 Å². The first kappa shape index (κ1) is 26.1. The van der Waals surface area contributed by atoms with E-state index in [-0.39, 0.29) is 5.75 Å². The van der Waals surface area contributed by atoms with E-state index in [4.69, 9.17) is 14.7 Å². The van der Waals surface area contributed by atoms with Crippen molar-refractivity contribution in [1.82, 2.24) is 13.7 Å². The Labute approximate surface area is 213 Å². The first-order valence-corrected chi connectivity index (χ1v) is 12.6. The summed E-state index contributed by atoms with van der Waals surface area (Å²) in [7, 11) is -3.09. The van der Waals surface area contributed by atoms with E-state index in [9.17, 15) is 17.6 Å². The number of hydrogen-bond acceptors (Lipinski definition) is 7. The number of pyridine rings is 1. The van der Waals surface area contributed by atoms with Crippen LogP contribution in [0.1, 0.15) is 11.1 Å². The van der Waals surface area contributed by atoms with Crippen LogP contribution >= 0.6 is 0 Å². The molecule has 0 saturated heterocycles. The number of aryl methyl sites for hydroxylation is 2. The highest BCUT2D eigenvalue weighted by Gasteiger charge is 2.25. The summed E-state index contributed by atoms with van der Waals surface area (Å²) in [5.74, 6) is -0.772. The molecule has 3 N–H and O–H groups in total. The largest absolute Gasteiger partial charge is 0.386 e. The Balaban J connectivity index is 1.78. The van der Waals surface area contributed by atoms with Crippen LogP contribution in [-0.4, -0.2) is 48.4 Å². The lowest BCUT2D eigenvalue weighted by Gasteiger charge is -2.18. The summed E-state index contributed by atoms with van der Waals surface area (Å²) in [6.45, 7) is 3.00. The number of ether oxygens (including phenoxy) is 1. The van der Waals surface area contributed by atoms with Gasteiger partial charge in [-0.05, 0) is 49.2 Å². The maximum Gasteiger partial charge on any atom is 0.386 e.